The molecule has 3 aromatic heterocycles. The minimum atomic E-state index is -0.505. The highest BCUT2D eigenvalue weighted by Gasteiger charge is 2.16. The lowest BCUT2D eigenvalue weighted by Gasteiger charge is -2.10. The van der Waals surface area contributed by atoms with E-state index in [1.54, 1.807) is 10.7 Å². The lowest BCUT2D eigenvalue weighted by molar-refractivity contribution is 0.102. The second-order valence-corrected chi connectivity index (χ2v) is 7.04. The third-order valence-corrected chi connectivity index (χ3v) is 4.85. The number of carbonyl (C=O) groups is 1. The summed E-state index contributed by atoms with van der Waals surface area (Å²) in [4.78, 5) is 41.6. The van der Waals surface area contributed by atoms with Crippen LogP contribution in [-0.4, -0.2) is 29.8 Å². The number of anilines is 1. The fourth-order valence-corrected chi connectivity index (χ4v) is 3.28. The van der Waals surface area contributed by atoms with Crippen LogP contribution in [0.4, 0.5) is 5.82 Å². The van der Waals surface area contributed by atoms with E-state index in [9.17, 15) is 14.4 Å². The quantitative estimate of drug-likeness (QED) is 0.554. The molecule has 0 atom stereocenters. The van der Waals surface area contributed by atoms with E-state index in [0.29, 0.717) is 12.4 Å². The van der Waals surface area contributed by atoms with Crippen molar-refractivity contribution in [3.05, 3.63) is 86.3 Å². The number of nitrogens with one attached hydrogen (secondary N) is 1. The Labute approximate surface area is 171 Å². The van der Waals surface area contributed by atoms with Gasteiger partial charge in [0, 0.05) is 20.2 Å². The Morgan fingerprint density at radius 2 is 1.77 bits per heavy atom. The zero-order valence-corrected chi connectivity index (χ0v) is 16.8. The van der Waals surface area contributed by atoms with E-state index in [1.165, 1.54) is 30.8 Å². The summed E-state index contributed by atoms with van der Waals surface area (Å²) in [6.07, 6.45) is 0. The van der Waals surface area contributed by atoms with Gasteiger partial charge in [0.15, 0.2) is 0 Å². The van der Waals surface area contributed by atoms with Gasteiger partial charge in [-0.25, -0.2) is 14.5 Å². The third-order valence-electron chi connectivity index (χ3n) is 4.85. The Morgan fingerprint density at radius 3 is 2.50 bits per heavy atom. The first-order valence-corrected chi connectivity index (χ1v) is 9.31. The molecule has 3 heterocycles. The van der Waals surface area contributed by atoms with Gasteiger partial charge in [-0.05, 0) is 24.6 Å². The Morgan fingerprint density at radius 1 is 1.03 bits per heavy atom. The first kappa shape index (κ1) is 19.3. The van der Waals surface area contributed by atoms with E-state index in [4.69, 9.17) is 0 Å². The van der Waals surface area contributed by atoms with Gasteiger partial charge >= 0.3 is 5.69 Å². The molecule has 0 aliphatic heterocycles. The molecule has 9 heteroatoms. The Kier molecular flexibility index (Phi) is 4.78. The van der Waals surface area contributed by atoms with E-state index >= 15 is 0 Å². The van der Waals surface area contributed by atoms with Crippen LogP contribution in [0.25, 0.3) is 11.0 Å². The summed E-state index contributed by atoms with van der Waals surface area (Å²) in [5.74, 6) is 0.0698. The van der Waals surface area contributed by atoms with E-state index in [-0.39, 0.29) is 16.7 Å². The number of pyridine rings is 1. The lowest BCUT2D eigenvalue weighted by atomic mass is 10.2. The van der Waals surface area contributed by atoms with Crippen molar-refractivity contribution in [3.8, 4) is 0 Å². The van der Waals surface area contributed by atoms with Crippen LogP contribution in [0, 0.1) is 6.92 Å². The molecule has 0 unspecified atom stereocenters. The van der Waals surface area contributed by atoms with Crippen molar-refractivity contribution in [2.45, 2.75) is 13.5 Å². The molecule has 0 aliphatic rings. The minimum Gasteiger partial charge on any atom is -0.305 e. The molecular formula is C21H20N6O3. The van der Waals surface area contributed by atoms with Gasteiger partial charge in [-0.2, -0.15) is 5.10 Å². The van der Waals surface area contributed by atoms with Gasteiger partial charge < -0.3 is 5.32 Å². The van der Waals surface area contributed by atoms with Gasteiger partial charge in [-0.1, -0.05) is 30.3 Å². The maximum absolute atomic E-state index is 12.8. The number of amides is 1. The number of nitrogens with zero attached hydrogens (tertiary/aromatic N) is 5. The smallest absolute Gasteiger partial charge is 0.305 e. The number of carbonyl (C=O) groups excluding carboxylic acids is 1. The molecular weight excluding hydrogens is 384 g/mol. The van der Waals surface area contributed by atoms with Gasteiger partial charge in [0.05, 0.1) is 17.6 Å². The number of hydrogen-bond donors (Lipinski definition) is 1. The third kappa shape index (κ3) is 3.41. The van der Waals surface area contributed by atoms with Gasteiger partial charge in [0.1, 0.15) is 17.2 Å². The van der Waals surface area contributed by atoms with Crippen molar-refractivity contribution < 1.29 is 4.79 Å². The SMILES string of the molecule is Cc1cc(NC(=O)c2ccc3c(=O)n(C)c(=O)n(C)c3n2)n(Cc2ccccc2)n1. The molecule has 4 aromatic rings. The van der Waals surface area contributed by atoms with E-state index in [2.05, 4.69) is 15.4 Å². The van der Waals surface area contributed by atoms with Gasteiger partial charge in [-0.15, -0.1) is 0 Å². The minimum absolute atomic E-state index is 0.0934. The molecule has 152 valence electrons. The standard InChI is InChI=1S/C21H20N6O3/c1-13-11-17(27(24-13)12-14-7-5-4-6-8-14)23-19(28)16-10-9-15-18(22-16)25(2)21(30)26(3)20(15)29/h4-11H,12H2,1-3H3,(H,23,28). The van der Waals surface area contributed by atoms with Gasteiger partial charge in [0.2, 0.25) is 0 Å². The maximum Gasteiger partial charge on any atom is 0.332 e. The summed E-state index contributed by atoms with van der Waals surface area (Å²) in [5.41, 5.74) is 1.10. The van der Waals surface area contributed by atoms with Crippen LogP contribution in [0.5, 0.6) is 0 Å². The molecule has 0 spiro atoms. The van der Waals surface area contributed by atoms with Crippen molar-refractivity contribution >= 4 is 22.8 Å². The molecule has 0 saturated heterocycles. The largest absolute Gasteiger partial charge is 0.332 e. The average molecular weight is 404 g/mol. The molecule has 0 fully saturated rings. The highest BCUT2D eigenvalue weighted by Crippen LogP contribution is 2.15. The van der Waals surface area contributed by atoms with Gasteiger partial charge in [0.25, 0.3) is 11.5 Å². The molecule has 0 saturated carbocycles. The average Bonchev–Trinajstić information content (AvgIpc) is 3.09. The monoisotopic (exact) mass is 404 g/mol. The zero-order valence-electron chi connectivity index (χ0n) is 16.8. The van der Waals surface area contributed by atoms with Crippen LogP contribution in [0.3, 0.4) is 0 Å². The van der Waals surface area contributed by atoms with Crippen LogP contribution in [0.1, 0.15) is 21.7 Å². The number of benzene rings is 1. The highest BCUT2D eigenvalue weighted by molar-refractivity contribution is 6.03. The normalized spacial score (nSPS) is 11.0. The fraction of sp³-hybridized carbons (Fsp3) is 0.190. The first-order valence-electron chi connectivity index (χ1n) is 9.31. The number of aryl methyl sites for hydroxylation is 2. The molecule has 9 nitrogen and oxygen atoms in total. The van der Waals surface area contributed by atoms with E-state index in [0.717, 1.165) is 15.8 Å². The summed E-state index contributed by atoms with van der Waals surface area (Å²) in [6.45, 7) is 2.34. The molecule has 0 radical (unpaired) electrons. The summed E-state index contributed by atoms with van der Waals surface area (Å²) in [5, 5.41) is 7.53. The summed E-state index contributed by atoms with van der Waals surface area (Å²) < 4.78 is 3.96. The van der Waals surface area contributed by atoms with Crippen LogP contribution >= 0.6 is 0 Å². The lowest BCUT2D eigenvalue weighted by Crippen LogP contribution is -2.37. The zero-order chi connectivity index (χ0) is 21.4. The van der Waals surface area contributed by atoms with E-state index in [1.807, 2.05) is 37.3 Å². The Hall–Kier alpha value is -4.01. The van der Waals surface area contributed by atoms with Crippen LogP contribution in [-0.2, 0) is 20.6 Å². The van der Waals surface area contributed by atoms with Crippen LogP contribution < -0.4 is 16.6 Å². The molecule has 0 aliphatic carbocycles. The molecule has 1 aromatic carbocycles. The van der Waals surface area contributed by atoms with Crippen molar-refractivity contribution in [3.63, 3.8) is 0 Å². The predicted octanol–water partition coefficient (Wildman–Crippen LogP) is 1.44. The molecule has 0 bridgehead atoms. The topological polar surface area (TPSA) is 104 Å². The predicted molar refractivity (Wildman–Crippen MR) is 113 cm³/mol. The molecule has 30 heavy (non-hydrogen) atoms. The summed E-state index contributed by atoms with van der Waals surface area (Å²) in [7, 11) is 2.91. The Balaban J connectivity index is 1.67. The second-order valence-electron chi connectivity index (χ2n) is 7.04. The van der Waals surface area contributed by atoms with Crippen molar-refractivity contribution in [2.24, 2.45) is 14.1 Å². The maximum atomic E-state index is 12.8. The summed E-state index contributed by atoms with van der Waals surface area (Å²) >= 11 is 0. The van der Waals surface area contributed by atoms with Crippen molar-refractivity contribution in [2.75, 3.05) is 5.32 Å². The Bertz CT molecular complexity index is 1380. The van der Waals surface area contributed by atoms with Gasteiger partial charge in [-0.3, -0.25) is 18.7 Å². The number of hydrogen-bond acceptors (Lipinski definition) is 5. The highest BCUT2D eigenvalue weighted by atomic mass is 16.2. The van der Waals surface area contributed by atoms with Crippen LogP contribution in [0.2, 0.25) is 0 Å². The van der Waals surface area contributed by atoms with Crippen molar-refractivity contribution in [1.82, 2.24) is 23.9 Å². The second kappa shape index (κ2) is 7.43. The summed E-state index contributed by atoms with van der Waals surface area (Å²) in [6, 6.07) is 14.5. The van der Waals surface area contributed by atoms with Crippen LogP contribution in [0.15, 0.2) is 58.1 Å². The fourth-order valence-electron chi connectivity index (χ4n) is 3.28. The van der Waals surface area contributed by atoms with Crippen molar-refractivity contribution in [1.29, 1.82) is 0 Å². The number of rotatable bonds is 4. The number of aromatic nitrogens is 5. The number of fused-ring (bicyclic) bond motifs is 1. The molecule has 1 N–H and O–H groups in total. The first-order chi connectivity index (χ1) is 14.3. The molecule has 4 rings (SSSR count). The van der Waals surface area contributed by atoms with E-state index < -0.39 is 17.2 Å². The molecule has 1 amide bonds.